The number of nitrogens with one attached hydrogen (secondary N) is 1. The minimum atomic E-state index is -0.508. The minimum absolute atomic E-state index is 0.0140. The normalized spacial score (nSPS) is 10.7. The molecular formula is C26H49N5O8. The number of Topliss-reactive ketones (excluding diaryl/α,β-unsaturated/α-hetero) is 1. The Hall–Kier alpha value is -2.61. The molecule has 0 heterocycles. The second-order valence-corrected chi connectivity index (χ2v) is 9.64. The highest BCUT2D eigenvalue weighted by Gasteiger charge is 2.14. The fraction of sp³-hybridized carbons (Fsp3) is 0.808. The third-order valence-electron chi connectivity index (χ3n) is 6.14. The van der Waals surface area contributed by atoms with Crippen LogP contribution in [-0.2, 0) is 24.0 Å². The van der Waals surface area contributed by atoms with Gasteiger partial charge in [0.2, 0.25) is 23.6 Å². The van der Waals surface area contributed by atoms with Gasteiger partial charge in [-0.1, -0.05) is 19.3 Å². The van der Waals surface area contributed by atoms with E-state index in [0.717, 1.165) is 25.7 Å². The maximum Gasteiger partial charge on any atom is 0.246 e. The van der Waals surface area contributed by atoms with Gasteiger partial charge in [-0.2, -0.15) is 0 Å². The summed E-state index contributed by atoms with van der Waals surface area (Å²) in [5.74, 6) is -1.74. The molecule has 0 rings (SSSR count). The van der Waals surface area contributed by atoms with Crippen LogP contribution in [0.1, 0.15) is 103 Å². The van der Waals surface area contributed by atoms with Crippen LogP contribution in [0.3, 0.4) is 0 Å². The van der Waals surface area contributed by atoms with Crippen molar-refractivity contribution in [2.75, 3.05) is 32.7 Å². The van der Waals surface area contributed by atoms with Crippen molar-refractivity contribution in [3.8, 4) is 0 Å². The lowest BCUT2D eigenvalue weighted by Gasteiger charge is -2.15. The average molecular weight is 560 g/mol. The van der Waals surface area contributed by atoms with Crippen LogP contribution in [0.5, 0.6) is 0 Å². The van der Waals surface area contributed by atoms with Crippen LogP contribution in [-0.4, -0.2) is 92.9 Å². The van der Waals surface area contributed by atoms with E-state index in [1.807, 2.05) is 0 Å². The Bertz CT molecular complexity index is 737. The molecule has 0 fully saturated rings. The minimum Gasteiger partial charge on any atom is -0.356 e. The molecule has 0 saturated heterocycles. The maximum atomic E-state index is 12.0. The van der Waals surface area contributed by atoms with Gasteiger partial charge in [-0.15, -0.1) is 0 Å². The van der Waals surface area contributed by atoms with E-state index in [2.05, 4.69) is 5.32 Å². The molecule has 0 bridgehead atoms. The number of rotatable bonds is 24. The standard InChI is InChI=1S/C26H49N5O8/c1-22(32)29(37)19-9-3-2-6-12-23(33)13-15-25(35)30(38)21-11-5-8-18-28-24(34)14-16-26(36)31(39)20-10-4-7-17-27/h37-39H,2-21,27H2,1H3,(H,28,34). The highest BCUT2D eigenvalue weighted by atomic mass is 16.5. The van der Waals surface area contributed by atoms with Crippen LogP contribution < -0.4 is 11.1 Å². The fourth-order valence-electron chi connectivity index (χ4n) is 3.66. The van der Waals surface area contributed by atoms with Gasteiger partial charge in [-0.3, -0.25) is 39.6 Å². The highest BCUT2D eigenvalue weighted by Crippen LogP contribution is 2.08. The fourth-order valence-corrected chi connectivity index (χ4v) is 3.66. The van der Waals surface area contributed by atoms with Crippen molar-refractivity contribution in [3.63, 3.8) is 0 Å². The SMILES string of the molecule is CC(=O)N(O)CCCCCCC(=O)CCC(=O)N(O)CCCCCNC(=O)CCC(=O)N(O)CCCCCN. The number of ketones is 1. The van der Waals surface area contributed by atoms with Crippen LogP contribution >= 0.6 is 0 Å². The van der Waals surface area contributed by atoms with Crippen LogP contribution in [0, 0.1) is 0 Å². The van der Waals surface area contributed by atoms with Gasteiger partial charge in [-0.25, -0.2) is 15.2 Å². The first-order chi connectivity index (χ1) is 18.6. The van der Waals surface area contributed by atoms with Gasteiger partial charge in [0.1, 0.15) is 5.78 Å². The summed E-state index contributed by atoms with van der Waals surface area (Å²) in [6, 6.07) is 0. The molecule has 0 aromatic rings. The molecule has 13 nitrogen and oxygen atoms in total. The summed E-state index contributed by atoms with van der Waals surface area (Å²) in [5.41, 5.74) is 5.40. The molecule has 0 saturated carbocycles. The molecule has 0 aromatic heterocycles. The van der Waals surface area contributed by atoms with E-state index in [-0.39, 0.29) is 57.0 Å². The van der Waals surface area contributed by atoms with Gasteiger partial charge in [0.05, 0.1) is 0 Å². The average Bonchev–Trinajstić information content (AvgIpc) is 2.91. The quantitative estimate of drug-likeness (QED) is 0.0669. The Labute approximate surface area is 231 Å². The second kappa shape index (κ2) is 23.3. The molecule has 0 atom stereocenters. The number of nitrogens with zero attached hydrogens (tertiary/aromatic N) is 3. The molecule has 0 aliphatic heterocycles. The Kier molecular flexibility index (Phi) is 21.7. The Morgan fingerprint density at radius 1 is 0.590 bits per heavy atom. The molecule has 226 valence electrons. The number of unbranched alkanes of at least 4 members (excludes halogenated alkanes) is 7. The van der Waals surface area contributed by atoms with Crippen molar-refractivity contribution in [2.24, 2.45) is 5.73 Å². The lowest BCUT2D eigenvalue weighted by molar-refractivity contribution is -0.166. The predicted octanol–water partition coefficient (Wildman–Crippen LogP) is 2.16. The summed E-state index contributed by atoms with van der Waals surface area (Å²) in [7, 11) is 0. The summed E-state index contributed by atoms with van der Waals surface area (Å²) >= 11 is 0. The molecular weight excluding hydrogens is 510 g/mol. The third kappa shape index (κ3) is 21.0. The zero-order chi connectivity index (χ0) is 29.5. The van der Waals surface area contributed by atoms with E-state index >= 15 is 0 Å². The molecule has 0 radical (unpaired) electrons. The zero-order valence-corrected chi connectivity index (χ0v) is 23.4. The van der Waals surface area contributed by atoms with E-state index < -0.39 is 17.7 Å². The van der Waals surface area contributed by atoms with Gasteiger partial charge >= 0.3 is 0 Å². The number of carbonyl (C=O) groups excluding carboxylic acids is 5. The van der Waals surface area contributed by atoms with Crippen molar-refractivity contribution in [3.05, 3.63) is 0 Å². The number of carbonyl (C=O) groups is 5. The van der Waals surface area contributed by atoms with E-state index in [4.69, 9.17) is 5.73 Å². The number of nitrogens with two attached hydrogens (primary N) is 1. The summed E-state index contributed by atoms with van der Waals surface area (Å²) in [4.78, 5) is 58.5. The molecule has 0 aliphatic rings. The third-order valence-corrected chi connectivity index (χ3v) is 6.14. The molecule has 39 heavy (non-hydrogen) atoms. The van der Waals surface area contributed by atoms with Gasteiger partial charge in [0, 0.05) is 65.2 Å². The smallest absolute Gasteiger partial charge is 0.246 e. The van der Waals surface area contributed by atoms with E-state index in [0.29, 0.717) is 73.2 Å². The van der Waals surface area contributed by atoms with Crippen molar-refractivity contribution < 1.29 is 39.6 Å². The Balaban J connectivity index is 3.75. The van der Waals surface area contributed by atoms with Crippen molar-refractivity contribution in [2.45, 2.75) is 103 Å². The second-order valence-electron chi connectivity index (χ2n) is 9.64. The van der Waals surface area contributed by atoms with Crippen molar-refractivity contribution in [1.82, 2.24) is 20.5 Å². The van der Waals surface area contributed by atoms with Crippen molar-refractivity contribution >= 4 is 29.4 Å². The maximum absolute atomic E-state index is 12.0. The molecule has 0 aromatic carbocycles. The topological polar surface area (TPSA) is 194 Å². The van der Waals surface area contributed by atoms with Crippen LogP contribution in [0.25, 0.3) is 0 Å². The lowest BCUT2D eigenvalue weighted by Crippen LogP contribution is -2.31. The first-order valence-corrected chi connectivity index (χ1v) is 14.0. The first-order valence-electron chi connectivity index (χ1n) is 14.0. The van der Waals surface area contributed by atoms with Crippen LogP contribution in [0.2, 0.25) is 0 Å². The molecule has 13 heteroatoms. The molecule has 0 unspecified atom stereocenters. The number of amides is 4. The monoisotopic (exact) mass is 559 g/mol. The molecule has 0 aliphatic carbocycles. The van der Waals surface area contributed by atoms with Gasteiger partial charge in [0.25, 0.3) is 0 Å². The number of hydroxylamine groups is 6. The van der Waals surface area contributed by atoms with Crippen molar-refractivity contribution in [1.29, 1.82) is 0 Å². The largest absolute Gasteiger partial charge is 0.356 e. The highest BCUT2D eigenvalue weighted by molar-refractivity contribution is 5.84. The van der Waals surface area contributed by atoms with E-state index in [9.17, 15) is 39.6 Å². The predicted molar refractivity (Wildman–Crippen MR) is 142 cm³/mol. The summed E-state index contributed by atoms with van der Waals surface area (Å²) < 4.78 is 0. The Morgan fingerprint density at radius 3 is 1.64 bits per heavy atom. The van der Waals surface area contributed by atoms with Gasteiger partial charge < -0.3 is 11.1 Å². The van der Waals surface area contributed by atoms with Crippen LogP contribution in [0.4, 0.5) is 0 Å². The van der Waals surface area contributed by atoms with Gasteiger partial charge in [-0.05, 0) is 51.5 Å². The zero-order valence-electron chi connectivity index (χ0n) is 23.4. The number of hydrogen-bond acceptors (Lipinski definition) is 9. The summed E-state index contributed by atoms with van der Waals surface area (Å²) in [5, 5.41) is 33.5. The Morgan fingerprint density at radius 2 is 1.08 bits per heavy atom. The molecule has 4 amide bonds. The molecule has 6 N–H and O–H groups in total. The van der Waals surface area contributed by atoms with Gasteiger partial charge in [0.15, 0.2) is 0 Å². The summed E-state index contributed by atoms with van der Waals surface area (Å²) in [6.45, 7) is 2.87. The molecule has 0 spiro atoms. The van der Waals surface area contributed by atoms with E-state index in [1.54, 1.807) is 0 Å². The lowest BCUT2D eigenvalue weighted by atomic mass is 10.1. The first kappa shape index (κ1) is 36.4. The van der Waals surface area contributed by atoms with E-state index in [1.165, 1.54) is 6.92 Å². The summed E-state index contributed by atoms with van der Waals surface area (Å²) in [6.07, 6.45) is 7.30. The number of hydrogen-bond donors (Lipinski definition) is 5. The van der Waals surface area contributed by atoms with Crippen LogP contribution in [0.15, 0.2) is 0 Å².